The number of amides is 5. The van der Waals surface area contributed by atoms with Crippen LogP contribution in [0.3, 0.4) is 0 Å². The van der Waals surface area contributed by atoms with Gasteiger partial charge in [-0.2, -0.15) is 0 Å². The third kappa shape index (κ3) is 3.14. The first-order chi connectivity index (χ1) is 9.85. The highest BCUT2D eigenvalue weighted by Gasteiger charge is 2.47. The Morgan fingerprint density at radius 2 is 2.14 bits per heavy atom. The molecule has 2 rings (SSSR count). The molecule has 0 spiro atoms. The van der Waals surface area contributed by atoms with Crippen LogP contribution in [0.15, 0.2) is 0 Å². The molecule has 3 N–H and O–H groups in total. The summed E-state index contributed by atoms with van der Waals surface area (Å²) in [7, 11) is 0. The first-order valence-electron chi connectivity index (χ1n) is 7.06. The quantitative estimate of drug-likeness (QED) is 0.584. The average Bonchev–Trinajstić information content (AvgIpc) is 2.66. The molecule has 5 amide bonds. The molecule has 0 bridgehead atoms. The molecule has 0 aromatic heterocycles. The summed E-state index contributed by atoms with van der Waals surface area (Å²) in [5.41, 5.74) is -0.934. The highest BCUT2D eigenvalue weighted by Crippen LogP contribution is 2.20. The van der Waals surface area contributed by atoms with Gasteiger partial charge in [-0.25, -0.2) is 4.79 Å². The molecular weight excluding hydrogens is 276 g/mol. The Kier molecular flexibility index (Phi) is 4.15. The van der Waals surface area contributed by atoms with E-state index < -0.39 is 17.5 Å². The van der Waals surface area contributed by atoms with Gasteiger partial charge in [0.2, 0.25) is 11.8 Å². The van der Waals surface area contributed by atoms with E-state index in [-0.39, 0.29) is 24.4 Å². The molecule has 2 aliphatic heterocycles. The van der Waals surface area contributed by atoms with E-state index in [1.165, 1.54) is 0 Å². The predicted octanol–water partition coefficient (Wildman–Crippen LogP) is -0.898. The maximum Gasteiger partial charge on any atom is 0.325 e. The van der Waals surface area contributed by atoms with Gasteiger partial charge in [-0.1, -0.05) is 6.92 Å². The second-order valence-electron chi connectivity index (χ2n) is 5.61. The number of imide groups is 1. The Bertz CT molecular complexity index is 483. The van der Waals surface area contributed by atoms with Gasteiger partial charge in [-0.05, 0) is 19.8 Å². The third-order valence-electron chi connectivity index (χ3n) is 3.98. The van der Waals surface area contributed by atoms with Gasteiger partial charge in [-0.3, -0.25) is 19.3 Å². The molecule has 2 heterocycles. The molecule has 0 aliphatic carbocycles. The van der Waals surface area contributed by atoms with Crippen molar-refractivity contribution in [2.45, 2.75) is 44.7 Å². The first kappa shape index (κ1) is 15.3. The topological polar surface area (TPSA) is 108 Å². The van der Waals surface area contributed by atoms with Gasteiger partial charge < -0.3 is 16.0 Å². The van der Waals surface area contributed by atoms with Crippen LogP contribution in [0.25, 0.3) is 0 Å². The highest BCUT2D eigenvalue weighted by atomic mass is 16.2. The predicted molar refractivity (Wildman–Crippen MR) is 73.1 cm³/mol. The Labute approximate surface area is 122 Å². The molecule has 8 heteroatoms. The molecule has 116 valence electrons. The Hall–Kier alpha value is -2.12. The fraction of sp³-hybridized carbons (Fsp3) is 0.692. The number of hydrogen-bond donors (Lipinski definition) is 3. The lowest BCUT2D eigenvalue weighted by atomic mass is 9.99. The molecule has 0 aromatic carbocycles. The smallest absolute Gasteiger partial charge is 0.325 e. The van der Waals surface area contributed by atoms with Crippen molar-refractivity contribution in [1.29, 1.82) is 0 Å². The van der Waals surface area contributed by atoms with E-state index in [4.69, 9.17) is 0 Å². The van der Waals surface area contributed by atoms with Crippen molar-refractivity contribution >= 4 is 23.8 Å². The lowest BCUT2D eigenvalue weighted by Crippen LogP contribution is -2.51. The number of nitrogens with zero attached hydrogens (tertiary/aromatic N) is 1. The molecule has 0 radical (unpaired) electrons. The summed E-state index contributed by atoms with van der Waals surface area (Å²) >= 11 is 0. The average molecular weight is 296 g/mol. The number of piperidine rings is 1. The van der Waals surface area contributed by atoms with Crippen molar-refractivity contribution in [3.8, 4) is 0 Å². The Balaban J connectivity index is 1.89. The van der Waals surface area contributed by atoms with Gasteiger partial charge in [0.15, 0.2) is 0 Å². The van der Waals surface area contributed by atoms with Crippen molar-refractivity contribution in [3.63, 3.8) is 0 Å². The molecule has 2 saturated heterocycles. The molecule has 0 aromatic rings. The third-order valence-corrected chi connectivity index (χ3v) is 3.98. The van der Waals surface area contributed by atoms with E-state index in [2.05, 4.69) is 16.0 Å². The van der Waals surface area contributed by atoms with E-state index in [0.29, 0.717) is 25.8 Å². The fourth-order valence-corrected chi connectivity index (χ4v) is 2.40. The van der Waals surface area contributed by atoms with Crippen LogP contribution in [-0.4, -0.2) is 53.3 Å². The van der Waals surface area contributed by atoms with Crippen LogP contribution in [-0.2, 0) is 14.4 Å². The van der Waals surface area contributed by atoms with Crippen LogP contribution in [0.2, 0.25) is 0 Å². The van der Waals surface area contributed by atoms with Gasteiger partial charge >= 0.3 is 6.03 Å². The van der Waals surface area contributed by atoms with Crippen molar-refractivity contribution < 1.29 is 19.2 Å². The second-order valence-corrected chi connectivity index (χ2v) is 5.61. The summed E-state index contributed by atoms with van der Waals surface area (Å²) in [6.07, 6.45) is 1.39. The van der Waals surface area contributed by atoms with Crippen molar-refractivity contribution in [2.75, 3.05) is 13.1 Å². The number of rotatable bonds is 4. The lowest BCUT2D eigenvalue weighted by Gasteiger charge is -2.24. The first-order valence-corrected chi connectivity index (χ1v) is 7.06. The molecule has 21 heavy (non-hydrogen) atoms. The zero-order chi connectivity index (χ0) is 15.6. The summed E-state index contributed by atoms with van der Waals surface area (Å²) in [6, 6.07) is -0.704. The SMILES string of the molecule is CCC1(C)NC(=O)N(CC(=O)NC2CCC(=O)NC2)C1=O. The monoisotopic (exact) mass is 296 g/mol. The molecule has 2 unspecified atom stereocenters. The van der Waals surface area contributed by atoms with E-state index >= 15 is 0 Å². The number of hydrogen-bond acceptors (Lipinski definition) is 4. The number of carbonyl (C=O) groups is 4. The van der Waals surface area contributed by atoms with Gasteiger partial charge in [-0.15, -0.1) is 0 Å². The number of carbonyl (C=O) groups excluding carboxylic acids is 4. The summed E-state index contributed by atoms with van der Waals surface area (Å²) in [5, 5.41) is 7.98. The number of nitrogens with one attached hydrogen (secondary N) is 3. The lowest BCUT2D eigenvalue weighted by molar-refractivity contribution is -0.135. The number of urea groups is 1. The Morgan fingerprint density at radius 3 is 2.67 bits per heavy atom. The largest absolute Gasteiger partial charge is 0.354 e. The summed E-state index contributed by atoms with van der Waals surface area (Å²) in [5.74, 6) is -0.824. The van der Waals surface area contributed by atoms with Crippen LogP contribution in [0.5, 0.6) is 0 Å². The molecule has 2 aliphatic rings. The fourth-order valence-electron chi connectivity index (χ4n) is 2.40. The van der Waals surface area contributed by atoms with E-state index in [1.807, 2.05) is 0 Å². The highest BCUT2D eigenvalue weighted by molar-refractivity contribution is 6.08. The van der Waals surface area contributed by atoms with E-state index in [9.17, 15) is 19.2 Å². The normalized spacial score (nSPS) is 29.1. The molecular formula is C13H20N4O4. The van der Waals surface area contributed by atoms with Crippen LogP contribution in [0, 0.1) is 0 Å². The standard InChI is InChI=1S/C13H20N4O4/c1-3-13(2)11(20)17(12(21)16-13)7-10(19)15-8-4-5-9(18)14-6-8/h8H,3-7H2,1-2H3,(H,14,18)(H,15,19)(H,16,21). The van der Waals surface area contributed by atoms with E-state index in [1.54, 1.807) is 13.8 Å². The maximum atomic E-state index is 12.1. The van der Waals surface area contributed by atoms with Crippen molar-refractivity contribution in [1.82, 2.24) is 20.9 Å². The summed E-state index contributed by atoms with van der Waals surface area (Å²) in [6.45, 7) is 3.51. The van der Waals surface area contributed by atoms with Crippen LogP contribution in [0.4, 0.5) is 4.79 Å². The van der Waals surface area contributed by atoms with Crippen LogP contribution >= 0.6 is 0 Å². The van der Waals surface area contributed by atoms with Gasteiger partial charge in [0, 0.05) is 19.0 Å². The molecule has 0 saturated carbocycles. The maximum absolute atomic E-state index is 12.1. The zero-order valence-electron chi connectivity index (χ0n) is 12.2. The van der Waals surface area contributed by atoms with Crippen LogP contribution in [0.1, 0.15) is 33.1 Å². The van der Waals surface area contributed by atoms with Crippen molar-refractivity contribution in [2.24, 2.45) is 0 Å². The van der Waals surface area contributed by atoms with Gasteiger partial charge in [0.05, 0.1) is 0 Å². The summed E-state index contributed by atoms with van der Waals surface area (Å²) < 4.78 is 0. The van der Waals surface area contributed by atoms with Crippen molar-refractivity contribution in [3.05, 3.63) is 0 Å². The minimum Gasteiger partial charge on any atom is -0.354 e. The second kappa shape index (κ2) is 5.71. The minimum absolute atomic E-state index is 0.0340. The van der Waals surface area contributed by atoms with Crippen LogP contribution < -0.4 is 16.0 Å². The zero-order valence-corrected chi connectivity index (χ0v) is 12.2. The molecule has 2 atom stereocenters. The minimum atomic E-state index is -0.934. The summed E-state index contributed by atoms with van der Waals surface area (Å²) in [4.78, 5) is 47.8. The van der Waals surface area contributed by atoms with E-state index in [0.717, 1.165) is 4.90 Å². The van der Waals surface area contributed by atoms with Gasteiger partial charge in [0.1, 0.15) is 12.1 Å². The molecule has 8 nitrogen and oxygen atoms in total. The molecule has 2 fully saturated rings. The van der Waals surface area contributed by atoms with Gasteiger partial charge in [0.25, 0.3) is 5.91 Å². The Morgan fingerprint density at radius 1 is 1.43 bits per heavy atom.